The lowest BCUT2D eigenvalue weighted by atomic mass is 10.0. The maximum Gasteiger partial charge on any atom is 0.0622 e. The van der Waals surface area contributed by atoms with Crippen molar-refractivity contribution in [1.29, 1.82) is 0 Å². The maximum atomic E-state index is 5.51. The van der Waals surface area contributed by atoms with Crippen molar-refractivity contribution >= 4 is 0 Å². The minimum absolute atomic E-state index is 0.429. The number of rotatable bonds is 6. The van der Waals surface area contributed by atoms with Crippen molar-refractivity contribution in [3.63, 3.8) is 0 Å². The zero-order valence-electron chi connectivity index (χ0n) is 11.4. The van der Waals surface area contributed by atoms with Gasteiger partial charge < -0.3 is 10.1 Å². The van der Waals surface area contributed by atoms with E-state index in [0.717, 1.165) is 32.7 Å². The molecule has 2 unspecified atom stereocenters. The predicted octanol–water partition coefficient (Wildman–Crippen LogP) is 2.06. The molecule has 0 radical (unpaired) electrons. The molecular weight excluding hydrogens is 224 g/mol. The third-order valence-corrected chi connectivity index (χ3v) is 3.75. The summed E-state index contributed by atoms with van der Waals surface area (Å²) in [6.07, 6.45) is 1.14. The van der Waals surface area contributed by atoms with E-state index < -0.39 is 0 Å². The average molecular weight is 248 g/mol. The molecule has 2 rings (SSSR count). The van der Waals surface area contributed by atoms with Crippen LogP contribution in [0.5, 0.6) is 0 Å². The fourth-order valence-electron chi connectivity index (χ4n) is 2.55. The number of nitrogens with one attached hydrogen (secondary N) is 1. The van der Waals surface area contributed by atoms with Gasteiger partial charge in [0, 0.05) is 25.2 Å². The van der Waals surface area contributed by atoms with Crippen LogP contribution in [0.2, 0.25) is 0 Å². The van der Waals surface area contributed by atoms with Crippen LogP contribution in [-0.4, -0.2) is 44.3 Å². The van der Waals surface area contributed by atoms with Crippen LogP contribution in [0, 0.1) is 0 Å². The van der Waals surface area contributed by atoms with Gasteiger partial charge in [-0.05, 0) is 25.6 Å². The zero-order chi connectivity index (χ0) is 12.8. The quantitative estimate of drug-likeness (QED) is 0.834. The molecule has 0 aromatic heterocycles. The molecule has 0 aliphatic carbocycles. The molecule has 1 aliphatic heterocycles. The van der Waals surface area contributed by atoms with Crippen molar-refractivity contribution in [2.24, 2.45) is 0 Å². The van der Waals surface area contributed by atoms with Crippen molar-refractivity contribution in [3.8, 4) is 0 Å². The van der Waals surface area contributed by atoms with Crippen molar-refractivity contribution in [2.75, 3.05) is 33.4 Å². The van der Waals surface area contributed by atoms with Gasteiger partial charge >= 0.3 is 0 Å². The van der Waals surface area contributed by atoms with E-state index in [1.165, 1.54) is 5.56 Å². The number of hydrogen-bond acceptors (Lipinski definition) is 3. The molecule has 1 aromatic rings. The highest BCUT2D eigenvalue weighted by atomic mass is 16.5. The molecule has 2 atom stereocenters. The van der Waals surface area contributed by atoms with Crippen molar-refractivity contribution in [2.45, 2.75) is 25.4 Å². The van der Waals surface area contributed by atoms with Crippen LogP contribution in [-0.2, 0) is 4.74 Å². The van der Waals surface area contributed by atoms with Crippen LogP contribution < -0.4 is 5.32 Å². The van der Waals surface area contributed by atoms with Gasteiger partial charge in [-0.3, -0.25) is 4.90 Å². The summed E-state index contributed by atoms with van der Waals surface area (Å²) in [7, 11) is 2.22. The number of nitrogens with zero attached hydrogens (tertiary/aromatic N) is 1. The van der Waals surface area contributed by atoms with Gasteiger partial charge in [-0.25, -0.2) is 0 Å². The molecule has 1 saturated heterocycles. The average Bonchev–Trinajstić information content (AvgIpc) is 2.94. The summed E-state index contributed by atoms with van der Waals surface area (Å²) < 4.78 is 5.51. The Morgan fingerprint density at radius 3 is 2.78 bits per heavy atom. The van der Waals surface area contributed by atoms with Gasteiger partial charge in [0.25, 0.3) is 0 Å². The Balaban J connectivity index is 2.08. The Morgan fingerprint density at radius 2 is 2.17 bits per heavy atom. The van der Waals surface area contributed by atoms with E-state index in [2.05, 4.69) is 54.5 Å². The molecule has 1 aliphatic rings. The third-order valence-electron chi connectivity index (χ3n) is 3.75. The summed E-state index contributed by atoms with van der Waals surface area (Å²) in [5.41, 5.74) is 1.38. The second kappa shape index (κ2) is 6.88. The number of ether oxygens (including phenoxy) is 1. The zero-order valence-corrected chi connectivity index (χ0v) is 11.4. The Hall–Kier alpha value is -0.900. The van der Waals surface area contributed by atoms with E-state index in [-0.39, 0.29) is 0 Å². The van der Waals surface area contributed by atoms with Crippen molar-refractivity contribution in [1.82, 2.24) is 10.2 Å². The second-order valence-electron chi connectivity index (χ2n) is 4.92. The van der Waals surface area contributed by atoms with E-state index >= 15 is 0 Å². The fourth-order valence-corrected chi connectivity index (χ4v) is 2.55. The van der Waals surface area contributed by atoms with E-state index in [1.807, 2.05) is 0 Å². The smallest absolute Gasteiger partial charge is 0.0622 e. The van der Waals surface area contributed by atoms with Crippen LogP contribution in [0.3, 0.4) is 0 Å². The van der Waals surface area contributed by atoms with Crippen molar-refractivity contribution < 1.29 is 4.74 Å². The third kappa shape index (κ3) is 3.31. The first-order valence-corrected chi connectivity index (χ1v) is 6.88. The predicted molar refractivity (Wildman–Crippen MR) is 74.7 cm³/mol. The Labute approximate surface area is 110 Å². The van der Waals surface area contributed by atoms with Gasteiger partial charge in [-0.15, -0.1) is 0 Å². The lowest BCUT2D eigenvalue weighted by Crippen LogP contribution is -2.40. The SMILES string of the molecule is CCNCC(c1ccccc1)N(C)C1CCOC1. The molecule has 1 heterocycles. The van der Waals surface area contributed by atoms with Gasteiger partial charge in [-0.2, -0.15) is 0 Å². The van der Waals surface area contributed by atoms with Gasteiger partial charge in [-0.1, -0.05) is 37.3 Å². The topological polar surface area (TPSA) is 24.5 Å². The minimum atomic E-state index is 0.429. The van der Waals surface area contributed by atoms with Crippen LogP contribution in [0.4, 0.5) is 0 Å². The Bertz CT molecular complexity index is 336. The van der Waals surface area contributed by atoms with Gasteiger partial charge in [0.05, 0.1) is 6.61 Å². The first-order valence-electron chi connectivity index (χ1n) is 6.88. The second-order valence-corrected chi connectivity index (χ2v) is 4.92. The molecule has 0 bridgehead atoms. The monoisotopic (exact) mass is 248 g/mol. The van der Waals surface area contributed by atoms with Crippen LogP contribution in [0.1, 0.15) is 24.9 Å². The van der Waals surface area contributed by atoms with Gasteiger partial charge in [0.15, 0.2) is 0 Å². The first-order chi connectivity index (χ1) is 8.83. The normalized spacial score (nSPS) is 21.4. The Kier molecular flexibility index (Phi) is 5.17. The molecule has 1 aromatic carbocycles. The molecule has 0 amide bonds. The molecule has 1 N–H and O–H groups in total. The summed E-state index contributed by atoms with van der Waals surface area (Å²) in [6.45, 7) is 5.93. The summed E-state index contributed by atoms with van der Waals surface area (Å²) in [4.78, 5) is 2.46. The van der Waals surface area contributed by atoms with Crippen LogP contribution in [0.25, 0.3) is 0 Å². The van der Waals surface area contributed by atoms with E-state index in [9.17, 15) is 0 Å². The summed E-state index contributed by atoms with van der Waals surface area (Å²) >= 11 is 0. The minimum Gasteiger partial charge on any atom is -0.380 e. The van der Waals surface area contributed by atoms with E-state index in [1.54, 1.807) is 0 Å². The van der Waals surface area contributed by atoms with E-state index in [4.69, 9.17) is 4.74 Å². The molecule has 1 fully saturated rings. The molecule has 3 heteroatoms. The summed E-state index contributed by atoms with van der Waals surface area (Å²) in [6, 6.07) is 11.7. The molecular formula is C15H24N2O. The number of benzene rings is 1. The lowest BCUT2D eigenvalue weighted by molar-refractivity contribution is 0.131. The van der Waals surface area contributed by atoms with Crippen LogP contribution in [0.15, 0.2) is 30.3 Å². The molecule has 18 heavy (non-hydrogen) atoms. The van der Waals surface area contributed by atoms with E-state index in [0.29, 0.717) is 12.1 Å². The maximum absolute atomic E-state index is 5.51. The van der Waals surface area contributed by atoms with Gasteiger partial charge in [0.2, 0.25) is 0 Å². The van der Waals surface area contributed by atoms with Crippen molar-refractivity contribution in [3.05, 3.63) is 35.9 Å². The largest absolute Gasteiger partial charge is 0.380 e. The number of hydrogen-bond donors (Lipinski definition) is 1. The molecule has 100 valence electrons. The van der Waals surface area contributed by atoms with Crippen LogP contribution >= 0.6 is 0 Å². The van der Waals surface area contributed by atoms with Gasteiger partial charge in [0.1, 0.15) is 0 Å². The fraction of sp³-hybridized carbons (Fsp3) is 0.600. The summed E-state index contributed by atoms with van der Waals surface area (Å²) in [5, 5.41) is 3.47. The highest BCUT2D eigenvalue weighted by molar-refractivity contribution is 5.19. The highest BCUT2D eigenvalue weighted by Gasteiger charge is 2.26. The Morgan fingerprint density at radius 1 is 1.39 bits per heavy atom. The molecule has 0 spiro atoms. The molecule has 0 saturated carbocycles. The number of likely N-dealkylation sites (N-methyl/N-ethyl adjacent to an activating group) is 2. The summed E-state index contributed by atoms with van der Waals surface area (Å²) in [5.74, 6) is 0. The molecule has 3 nitrogen and oxygen atoms in total. The lowest BCUT2D eigenvalue weighted by Gasteiger charge is -2.33. The standard InChI is InChI=1S/C15H24N2O/c1-3-16-11-15(13-7-5-4-6-8-13)17(2)14-9-10-18-12-14/h4-8,14-16H,3,9-12H2,1-2H3. The highest BCUT2D eigenvalue weighted by Crippen LogP contribution is 2.24. The first kappa shape index (κ1) is 13.5.